The van der Waals surface area contributed by atoms with Gasteiger partial charge in [0.1, 0.15) is 11.9 Å². The highest BCUT2D eigenvalue weighted by Gasteiger charge is 2.22. The van der Waals surface area contributed by atoms with Crippen molar-refractivity contribution >= 4 is 5.97 Å². The molecule has 0 aromatic heterocycles. The first kappa shape index (κ1) is 18.9. The summed E-state index contributed by atoms with van der Waals surface area (Å²) < 4.78 is 23.8. The van der Waals surface area contributed by atoms with Crippen molar-refractivity contribution in [2.45, 2.75) is 13.0 Å². The Labute approximate surface area is 146 Å². The summed E-state index contributed by atoms with van der Waals surface area (Å²) in [6, 6.07) is 8.17. The summed E-state index contributed by atoms with van der Waals surface area (Å²) in [7, 11) is 0. The summed E-state index contributed by atoms with van der Waals surface area (Å²) in [6.45, 7) is 5.01. The summed E-state index contributed by atoms with van der Waals surface area (Å²) in [4.78, 5) is 13.8. The fourth-order valence-corrected chi connectivity index (χ4v) is 2.68. The van der Waals surface area contributed by atoms with Crippen LogP contribution in [-0.4, -0.2) is 50.3 Å². The van der Waals surface area contributed by atoms with Crippen LogP contribution in [0.1, 0.15) is 18.5 Å². The Kier molecular flexibility index (Phi) is 7.38. The average Bonchev–Trinajstić information content (AvgIpc) is 2.63. The van der Waals surface area contributed by atoms with Gasteiger partial charge in [0.2, 0.25) is 0 Å². The van der Waals surface area contributed by atoms with Crippen LogP contribution in [0, 0.1) is 17.1 Å². The number of esters is 1. The molecule has 1 aromatic carbocycles. The molecule has 0 saturated carbocycles. The van der Waals surface area contributed by atoms with E-state index < -0.39 is 5.97 Å². The lowest BCUT2D eigenvalue weighted by atomic mass is 10.0. The Balaban J connectivity index is 2.10. The molecule has 0 spiro atoms. The molecule has 1 atom stereocenters. The third-order valence-corrected chi connectivity index (χ3v) is 3.89. The molecule has 1 aromatic rings. The third-order valence-electron chi connectivity index (χ3n) is 3.89. The maximum atomic E-state index is 13.6. The summed E-state index contributed by atoms with van der Waals surface area (Å²) in [6.07, 6.45) is 1.35. The lowest BCUT2D eigenvalue weighted by Crippen LogP contribution is -2.42. The van der Waals surface area contributed by atoms with E-state index in [9.17, 15) is 9.18 Å². The van der Waals surface area contributed by atoms with Gasteiger partial charge in [-0.3, -0.25) is 4.90 Å². The van der Waals surface area contributed by atoms with Crippen molar-refractivity contribution in [3.63, 3.8) is 0 Å². The van der Waals surface area contributed by atoms with Gasteiger partial charge in [-0.15, -0.1) is 0 Å². The molecule has 0 aliphatic carbocycles. The standard InChI is InChI=1S/C18H22FN3O3/c1-2-25-18(23)15(11-20)12-21-13-17(22-6-8-24-9-7-22)14-4-3-5-16(19)10-14/h3-5,10,12,17,21H,2,6-9,13H2,1H3/b15-12+. The largest absolute Gasteiger partial charge is 0.462 e. The SMILES string of the molecule is CCOC(=O)/C(C#N)=C/NCC(c1cccc(F)c1)N1CCOCC1. The van der Waals surface area contributed by atoms with Crippen molar-refractivity contribution in [2.75, 3.05) is 39.5 Å². The van der Waals surface area contributed by atoms with Gasteiger partial charge in [-0.1, -0.05) is 12.1 Å². The topological polar surface area (TPSA) is 74.6 Å². The number of hydrogen-bond donors (Lipinski definition) is 1. The van der Waals surface area contributed by atoms with E-state index in [1.54, 1.807) is 13.0 Å². The summed E-state index contributed by atoms with van der Waals surface area (Å²) in [5.41, 5.74) is 0.735. The molecule has 2 rings (SSSR count). The highest BCUT2D eigenvalue weighted by molar-refractivity contribution is 5.92. The predicted octanol–water partition coefficient (Wildman–Crippen LogP) is 1.76. The number of carbonyl (C=O) groups excluding carboxylic acids is 1. The van der Waals surface area contributed by atoms with Crippen molar-refractivity contribution in [1.29, 1.82) is 5.26 Å². The second-order valence-corrected chi connectivity index (χ2v) is 5.52. The van der Waals surface area contributed by atoms with E-state index in [1.807, 2.05) is 12.1 Å². The molecule has 7 heteroatoms. The highest BCUT2D eigenvalue weighted by Crippen LogP contribution is 2.22. The summed E-state index contributed by atoms with van der Waals surface area (Å²) >= 11 is 0. The predicted molar refractivity (Wildman–Crippen MR) is 89.9 cm³/mol. The second kappa shape index (κ2) is 9.77. The van der Waals surface area contributed by atoms with E-state index in [0.29, 0.717) is 19.8 Å². The maximum Gasteiger partial charge on any atom is 0.350 e. The van der Waals surface area contributed by atoms with Crippen molar-refractivity contribution in [3.05, 3.63) is 47.4 Å². The van der Waals surface area contributed by atoms with Crippen LogP contribution in [0.5, 0.6) is 0 Å². The molecule has 0 radical (unpaired) electrons. The minimum Gasteiger partial charge on any atom is -0.462 e. The molecule has 134 valence electrons. The van der Waals surface area contributed by atoms with E-state index >= 15 is 0 Å². The summed E-state index contributed by atoms with van der Waals surface area (Å²) in [5.74, 6) is -0.957. The lowest BCUT2D eigenvalue weighted by molar-refractivity contribution is -0.138. The number of morpholine rings is 1. The number of hydrogen-bond acceptors (Lipinski definition) is 6. The van der Waals surface area contributed by atoms with Gasteiger partial charge in [-0.2, -0.15) is 5.26 Å². The van der Waals surface area contributed by atoms with Gasteiger partial charge < -0.3 is 14.8 Å². The number of carbonyl (C=O) groups is 1. The minimum absolute atomic E-state index is 0.0955. The maximum absolute atomic E-state index is 13.6. The molecular formula is C18H22FN3O3. The van der Waals surface area contributed by atoms with Crippen LogP contribution in [0.4, 0.5) is 4.39 Å². The van der Waals surface area contributed by atoms with Gasteiger partial charge in [0, 0.05) is 25.8 Å². The zero-order valence-electron chi connectivity index (χ0n) is 14.2. The van der Waals surface area contributed by atoms with Gasteiger partial charge in [-0.05, 0) is 24.6 Å². The Morgan fingerprint density at radius 1 is 1.52 bits per heavy atom. The zero-order chi connectivity index (χ0) is 18.1. The first-order valence-corrected chi connectivity index (χ1v) is 8.23. The van der Waals surface area contributed by atoms with Crippen LogP contribution in [0.25, 0.3) is 0 Å². The number of benzene rings is 1. The van der Waals surface area contributed by atoms with E-state index in [2.05, 4.69) is 10.2 Å². The first-order valence-electron chi connectivity index (χ1n) is 8.23. The summed E-state index contributed by atoms with van der Waals surface area (Å²) in [5, 5.41) is 12.1. The quantitative estimate of drug-likeness (QED) is 0.460. The van der Waals surface area contributed by atoms with Crippen molar-refractivity contribution < 1.29 is 18.7 Å². The minimum atomic E-state index is -0.661. The average molecular weight is 347 g/mol. The molecule has 1 N–H and O–H groups in total. The number of rotatable bonds is 7. The van der Waals surface area contributed by atoms with Crippen LogP contribution in [-0.2, 0) is 14.3 Å². The van der Waals surface area contributed by atoms with E-state index in [-0.39, 0.29) is 24.0 Å². The Bertz CT molecular complexity index is 651. The van der Waals surface area contributed by atoms with Gasteiger partial charge in [0.05, 0.1) is 25.9 Å². The number of nitriles is 1. The van der Waals surface area contributed by atoms with Crippen LogP contribution in [0.15, 0.2) is 36.0 Å². The van der Waals surface area contributed by atoms with Crippen molar-refractivity contribution in [2.24, 2.45) is 0 Å². The Hall–Kier alpha value is -2.43. The van der Waals surface area contributed by atoms with Crippen molar-refractivity contribution in [1.82, 2.24) is 10.2 Å². The third kappa shape index (κ3) is 5.55. The van der Waals surface area contributed by atoms with Gasteiger partial charge in [-0.25, -0.2) is 9.18 Å². The molecule has 1 unspecified atom stereocenters. The monoisotopic (exact) mass is 347 g/mol. The van der Waals surface area contributed by atoms with E-state index in [0.717, 1.165) is 18.7 Å². The molecule has 1 saturated heterocycles. The van der Waals surface area contributed by atoms with Gasteiger partial charge >= 0.3 is 5.97 Å². The highest BCUT2D eigenvalue weighted by atomic mass is 19.1. The molecule has 1 heterocycles. The van der Waals surface area contributed by atoms with Gasteiger partial charge in [0.25, 0.3) is 0 Å². The molecule has 6 nitrogen and oxygen atoms in total. The van der Waals surface area contributed by atoms with Crippen LogP contribution in [0.2, 0.25) is 0 Å². The van der Waals surface area contributed by atoms with Crippen LogP contribution >= 0.6 is 0 Å². The number of nitrogens with zero attached hydrogens (tertiary/aromatic N) is 2. The fraction of sp³-hybridized carbons (Fsp3) is 0.444. The molecular weight excluding hydrogens is 325 g/mol. The molecule has 1 fully saturated rings. The zero-order valence-corrected chi connectivity index (χ0v) is 14.2. The van der Waals surface area contributed by atoms with Crippen molar-refractivity contribution in [3.8, 4) is 6.07 Å². The molecule has 1 aliphatic heterocycles. The normalized spacial score (nSPS) is 16.8. The Morgan fingerprint density at radius 2 is 2.28 bits per heavy atom. The van der Waals surface area contributed by atoms with E-state index in [4.69, 9.17) is 14.7 Å². The smallest absolute Gasteiger partial charge is 0.350 e. The molecule has 0 amide bonds. The number of ether oxygens (including phenoxy) is 2. The number of halogens is 1. The Morgan fingerprint density at radius 3 is 2.92 bits per heavy atom. The lowest BCUT2D eigenvalue weighted by Gasteiger charge is -2.34. The fourth-order valence-electron chi connectivity index (χ4n) is 2.68. The van der Waals surface area contributed by atoms with E-state index in [1.165, 1.54) is 18.3 Å². The van der Waals surface area contributed by atoms with Crippen LogP contribution < -0.4 is 5.32 Å². The molecule has 25 heavy (non-hydrogen) atoms. The van der Waals surface area contributed by atoms with Gasteiger partial charge in [0.15, 0.2) is 5.57 Å². The first-order chi connectivity index (χ1) is 12.2. The number of nitrogens with one attached hydrogen (secondary N) is 1. The van der Waals surface area contributed by atoms with Crippen LogP contribution in [0.3, 0.4) is 0 Å². The molecule has 0 bridgehead atoms. The molecule has 1 aliphatic rings. The second-order valence-electron chi connectivity index (χ2n) is 5.52.